The Morgan fingerprint density at radius 2 is 1.68 bits per heavy atom. The SMILES string of the molecule is C[C@H](NC(=O)c1ccccc1S(C)(=O)=O)c1ccc(Cl)cc1. The van der Waals surface area contributed by atoms with Gasteiger partial charge in [0.15, 0.2) is 9.84 Å². The van der Waals surface area contributed by atoms with Crippen molar-refractivity contribution in [1.29, 1.82) is 0 Å². The van der Waals surface area contributed by atoms with Crippen molar-refractivity contribution in [3.63, 3.8) is 0 Å². The van der Waals surface area contributed by atoms with Crippen molar-refractivity contribution in [2.45, 2.75) is 17.9 Å². The summed E-state index contributed by atoms with van der Waals surface area (Å²) in [5, 5.41) is 3.41. The zero-order valence-electron chi connectivity index (χ0n) is 12.2. The van der Waals surface area contributed by atoms with Crippen molar-refractivity contribution >= 4 is 27.3 Å². The molecule has 0 unspecified atom stereocenters. The first kappa shape index (κ1) is 16.5. The third-order valence-electron chi connectivity index (χ3n) is 3.25. The largest absolute Gasteiger partial charge is 0.345 e. The second-order valence-electron chi connectivity index (χ2n) is 5.02. The van der Waals surface area contributed by atoms with Gasteiger partial charge in [-0.3, -0.25) is 4.79 Å². The third kappa shape index (κ3) is 3.87. The molecule has 0 aliphatic rings. The van der Waals surface area contributed by atoms with Gasteiger partial charge in [0, 0.05) is 11.3 Å². The highest BCUT2D eigenvalue weighted by Gasteiger charge is 2.19. The number of hydrogen-bond donors (Lipinski definition) is 1. The maximum absolute atomic E-state index is 12.4. The van der Waals surface area contributed by atoms with Crippen LogP contribution in [0.15, 0.2) is 53.4 Å². The number of amides is 1. The minimum absolute atomic E-state index is 0.0239. The van der Waals surface area contributed by atoms with Crippen LogP contribution in [-0.4, -0.2) is 20.6 Å². The van der Waals surface area contributed by atoms with Crippen molar-refractivity contribution in [3.8, 4) is 0 Å². The first-order valence-electron chi connectivity index (χ1n) is 6.64. The van der Waals surface area contributed by atoms with Gasteiger partial charge in [-0.1, -0.05) is 35.9 Å². The van der Waals surface area contributed by atoms with Crippen molar-refractivity contribution in [3.05, 3.63) is 64.7 Å². The summed E-state index contributed by atoms with van der Waals surface area (Å²) in [5.41, 5.74) is 1.03. The second-order valence-corrected chi connectivity index (χ2v) is 7.44. The Labute approximate surface area is 135 Å². The number of nitrogens with one attached hydrogen (secondary N) is 1. The van der Waals surface area contributed by atoms with E-state index < -0.39 is 15.7 Å². The van der Waals surface area contributed by atoms with Crippen LogP contribution in [-0.2, 0) is 9.84 Å². The maximum Gasteiger partial charge on any atom is 0.253 e. The van der Waals surface area contributed by atoms with E-state index in [0.29, 0.717) is 5.02 Å². The Morgan fingerprint density at radius 3 is 2.27 bits per heavy atom. The van der Waals surface area contributed by atoms with E-state index in [4.69, 9.17) is 11.6 Å². The van der Waals surface area contributed by atoms with Crippen LogP contribution in [0.4, 0.5) is 0 Å². The van der Waals surface area contributed by atoms with E-state index in [1.807, 2.05) is 19.1 Å². The van der Waals surface area contributed by atoms with Gasteiger partial charge in [0.05, 0.1) is 16.5 Å². The molecule has 1 N–H and O–H groups in total. The predicted octanol–water partition coefficient (Wildman–Crippen LogP) is 3.23. The molecule has 2 rings (SSSR count). The molecule has 22 heavy (non-hydrogen) atoms. The highest BCUT2D eigenvalue weighted by Crippen LogP contribution is 2.19. The quantitative estimate of drug-likeness (QED) is 0.931. The lowest BCUT2D eigenvalue weighted by Gasteiger charge is -2.15. The van der Waals surface area contributed by atoms with Crippen molar-refractivity contribution < 1.29 is 13.2 Å². The van der Waals surface area contributed by atoms with E-state index in [2.05, 4.69) is 5.32 Å². The van der Waals surface area contributed by atoms with Gasteiger partial charge in [0.2, 0.25) is 0 Å². The van der Waals surface area contributed by atoms with E-state index in [1.165, 1.54) is 12.1 Å². The van der Waals surface area contributed by atoms with Gasteiger partial charge in [-0.2, -0.15) is 0 Å². The molecule has 0 aliphatic heterocycles. The zero-order valence-corrected chi connectivity index (χ0v) is 13.8. The summed E-state index contributed by atoms with van der Waals surface area (Å²) in [6.45, 7) is 1.82. The molecule has 0 saturated carbocycles. The van der Waals surface area contributed by atoms with Crippen LogP contribution in [0, 0.1) is 0 Å². The van der Waals surface area contributed by atoms with Gasteiger partial charge in [0.25, 0.3) is 5.91 Å². The van der Waals surface area contributed by atoms with Crippen LogP contribution in [0.2, 0.25) is 5.02 Å². The second kappa shape index (κ2) is 6.50. The fourth-order valence-corrected chi connectivity index (χ4v) is 3.10. The molecule has 0 bridgehead atoms. The van der Waals surface area contributed by atoms with Crippen LogP contribution >= 0.6 is 11.6 Å². The number of hydrogen-bond acceptors (Lipinski definition) is 3. The molecule has 0 spiro atoms. The summed E-state index contributed by atoms with van der Waals surface area (Å²) in [4.78, 5) is 12.4. The Morgan fingerprint density at radius 1 is 1.09 bits per heavy atom. The van der Waals surface area contributed by atoms with Crippen molar-refractivity contribution in [2.24, 2.45) is 0 Å². The van der Waals surface area contributed by atoms with Crippen LogP contribution in [0.3, 0.4) is 0 Å². The summed E-state index contributed by atoms with van der Waals surface area (Å²) < 4.78 is 23.5. The number of sulfone groups is 1. The topological polar surface area (TPSA) is 63.2 Å². The molecule has 2 aromatic carbocycles. The van der Waals surface area contributed by atoms with Crippen LogP contribution < -0.4 is 5.32 Å². The molecule has 0 radical (unpaired) electrons. The first-order chi connectivity index (χ1) is 10.3. The van der Waals surface area contributed by atoms with Crippen LogP contribution in [0.25, 0.3) is 0 Å². The molecule has 4 nitrogen and oxygen atoms in total. The molecule has 116 valence electrons. The smallest absolute Gasteiger partial charge is 0.253 e. The number of carbonyl (C=O) groups is 1. The molecule has 6 heteroatoms. The molecule has 0 fully saturated rings. The minimum Gasteiger partial charge on any atom is -0.345 e. The lowest BCUT2D eigenvalue weighted by atomic mass is 10.1. The van der Waals surface area contributed by atoms with E-state index in [-0.39, 0.29) is 16.5 Å². The Kier molecular flexibility index (Phi) is 4.88. The predicted molar refractivity (Wildman–Crippen MR) is 86.9 cm³/mol. The molecule has 0 aromatic heterocycles. The molecule has 2 aromatic rings. The summed E-state index contributed by atoms with van der Waals surface area (Å²) in [6, 6.07) is 13.0. The zero-order chi connectivity index (χ0) is 16.3. The van der Waals surface area contributed by atoms with Gasteiger partial charge in [-0.15, -0.1) is 0 Å². The van der Waals surface area contributed by atoms with E-state index in [0.717, 1.165) is 11.8 Å². The summed E-state index contributed by atoms with van der Waals surface area (Å²) in [5.74, 6) is -0.427. The van der Waals surface area contributed by atoms with Crippen molar-refractivity contribution in [2.75, 3.05) is 6.26 Å². The lowest BCUT2D eigenvalue weighted by Crippen LogP contribution is -2.28. The summed E-state index contributed by atoms with van der Waals surface area (Å²) in [7, 11) is -3.46. The maximum atomic E-state index is 12.4. The number of halogens is 1. The van der Waals surface area contributed by atoms with Gasteiger partial charge in [0.1, 0.15) is 0 Å². The van der Waals surface area contributed by atoms with Crippen LogP contribution in [0.5, 0.6) is 0 Å². The average Bonchev–Trinajstić information content (AvgIpc) is 2.47. The Bertz CT molecular complexity index is 785. The standard InChI is InChI=1S/C16H16ClNO3S/c1-11(12-7-9-13(17)10-8-12)18-16(19)14-5-3-4-6-15(14)22(2,20)21/h3-11H,1-2H3,(H,18,19)/t11-/m0/s1. The third-order valence-corrected chi connectivity index (χ3v) is 4.66. The van der Waals surface area contributed by atoms with Gasteiger partial charge in [-0.25, -0.2) is 8.42 Å². The summed E-state index contributed by atoms with van der Waals surface area (Å²) in [6.07, 6.45) is 1.09. The normalized spacial score (nSPS) is 12.7. The number of carbonyl (C=O) groups excluding carboxylic acids is 1. The van der Waals surface area contributed by atoms with Crippen LogP contribution in [0.1, 0.15) is 28.9 Å². The summed E-state index contributed by atoms with van der Waals surface area (Å²) >= 11 is 5.83. The Hall–Kier alpha value is -1.85. The molecule has 0 aliphatic carbocycles. The fourth-order valence-electron chi connectivity index (χ4n) is 2.09. The van der Waals surface area contributed by atoms with Gasteiger partial charge in [-0.05, 0) is 36.8 Å². The highest BCUT2D eigenvalue weighted by molar-refractivity contribution is 7.90. The molecular formula is C16H16ClNO3S. The monoisotopic (exact) mass is 337 g/mol. The molecule has 1 atom stereocenters. The highest BCUT2D eigenvalue weighted by atomic mass is 35.5. The average molecular weight is 338 g/mol. The van der Waals surface area contributed by atoms with Crippen molar-refractivity contribution in [1.82, 2.24) is 5.32 Å². The van der Waals surface area contributed by atoms with E-state index in [1.54, 1.807) is 24.3 Å². The minimum atomic E-state index is -3.46. The lowest BCUT2D eigenvalue weighted by molar-refractivity contribution is 0.0936. The van der Waals surface area contributed by atoms with E-state index >= 15 is 0 Å². The first-order valence-corrected chi connectivity index (χ1v) is 8.91. The number of benzene rings is 2. The fraction of sp³-hybridized carbons (Fsp3) is 0.188. The molecule has 0 saturated heterocycles. The van der Waals surface area contributed by atoms with E-state index in [9.17, 15) is 13.2 Å². The van der Waals surface area contributed by atoms with Gasteiger partial charge < -0.3 is 5.32 Å². The molecule has 1 amide bonds. The Balaban J connectivity index is 2.25. The molecule has 0 heterocycles. The van der Waals surface area contributed by atoms with Gasteiger partial charge >= 0.3 is 0 Å². The molecular weight excluding hydrogens is 322 g/mol. The number of rotatable bonds is 4.